The van der Waals surface area contributed by atoms with Crippen molar-refractivity contribution in [3.05, 3.63) is 28.2 Å². The first-order chi connectivity index (χ1) is 8.63. The van der Waals surface area contributed by atoms with E-state index >= 15 is 0 Å². The van der Waals surface area contributed by atoms with Crippen LogP contribution < -0.4 is 4.90 Å². The number of benzene rings is 1. The normalized spacial score (nSPS) is 27.4. The second-order valence-electron chi connectivity index (χ2n) is 5.22. The van der Waals surface area contributed by atoms with Crippen molar-refractivity contribution in [2.45, 2.75) is 44.2 Å². The summed E-state index contributed by atoms with van der Waals surface area (Å²) in [5.74, 6) is 0.397. The molecule has 2 atom stereocenters. The van der Waals surface area contributed by atoms with Gasteiger partial charge >= 0.3 is 0 Å². The third-order valence-electron chi connectivity index (χ3n) is 3.93. The summed E-state index contributed by atoms with van der Waals surface area (Å²) in [6, 6.07) is 6.32. The topological polar surface area (TPSA) is 20.3 Å². The van der Waals surface area contributed by atoms with Crippen LogP contribution in [0.15, 0.2) is 18.2 Å². The van der Waals surface area contributed by atoms with Crippen LogP contribution in [0.3, 0.4) is 0 Å². The minimum Gasteiger partial charge on any atom is -0.365 e. The molecule has 2 saturated heterocycles. The summed E-state index contributed by atoms with van der Waals surface area (Å²) in [6.07, 6.45) is 4.73. The highest BCUT2D eigenvalue weighted by atomic mass is 35.5. The lowest BCUT2D eigenvalue weighted by atomic mass is 9.83. The molecule has 0 spiro atoms. The number of anilines is 1. The standard InChI is InChI=1S/C14H15Cl2NO/c15-9-4-10(16)6-13(5-9)17-11-2-1-3-12(17)8-14(18)7-11/h4-6,11-12H,1-3,7-8H2. The molecule has 2 unspecified atom stereocenters. The molecule has 2 nitrogen and oxygen atoms in total. The summed E-state index contributed by atoms with van der Waals surface area (Å²) < 4.78 is 0. The molecule has 2 heterocycles. The molecule has 18 heavy (non-hydrogen) atoms. The van der Waals surface area contributed by atoms with E-state index in [4.69, 9.17) is 23.2 Å². The summed E-state index contributed by atoms with van der Waals surface area (Å²) >= 11 is 12.2. The Morgan fingerprint density at radius 3 is 2.11 bits per heavy atom. The molecule has 2 aliphatic rings. The van der Waals surface area contributed by atoms with Crippen LogP contribution in [0.4, 0.5) is 5.69 Å². The average Bonchev–Trinajstić information content (AvgIpc) is 2.26. The Kier molecular flexibility index (Phi) is 3.25. The highest BCUT2D eigenvalue weighted by Crippen LogP contribution is 2.38. The number of hydrogen-bond acceptors (Lipinski definition) is 2. The van der Waals surface area contributed by atoms with E-state index in [2.05, 4.69) is 4.90 Å². The van der Waals surface area contributed by atoms with Gasteiger partial charge in [-0.3, -0.25) is 4.79 Å². The Morgan fingerprint density at radius 2 is 1.56 bits per heavy atom. The molecule has 2 aliphatic heterocycles. The predicted octanol–water partition coefficient (Wildman–Crippen LogP) is 4.08. The van der Waals surface area contributed by atoms with Gasteiger partial charge in [-0.25, -0.2) is 0 Å². The molecule has 0 N–H and O–H groups in total. The Hall–Kier alpha value is -0.730. The molecule has 0 aromatic heterocycles. The first-order valence-electron chi connectivity index (χ1n) is 6.39. The van der Waals surface area contributed by atoms with Gasteiger partial charge in [0.05, 0.1) is 0 Å². The minimum absolute atomic E-state index is 0.333. The third kappa shape index (κ3) is 2.24. The largest absolute Gasteiger partial charge is 0.365 e. The van der Waals surface area contributed by atoms with Crippen molar-refractivity contribution < 1.29 is 4.79 Å². The van der Waals surface area contributed by atoms with Crippen LogP contribution in [-0.2, 0) is 4.79 Å². The maximum absolute atomic E-state index is 11.7. The number of rotatable bonds is 1. The summed E-state index contributed by atoms with van der Waals surface area (Å²) in [4.78, 5) is 14.1. The van der Waals surface area contributed by atoms with Gasteiger partial charge in [-0.2, -0.15) is 0 Å². The van der Waals surface area contributed by atoms with E-state index in [1.54, 1.807) is 6.07 Å². The zero-order valence-corrected chi connectivity index (χ0v) is 11.5. The van der Waals surface area contributed by atoms with E-state index in [1.807, 2.05) is 12.1 Å². The summed E-state index contributed by atoms with van der Waals surface area (Å²) in [6.45, 7) is 0. The van der Waals surface area contributed by atoms with Crippen LogP contribution in [0.1, 0.15) is 32.1 Å². The first-order valence-corrected chi connectivity index (χ1v) is 7.15. The van der Waals surface area contributed by atoms with Gasteiger partial charge in [-0.15, -0.1) is 0 Å². The Balaban J connectivity index is 1.97. The molecular weight excluding hydrogens is 269 g/mol. The quantitative estimate of drug-likeness (QED) is 0.774. The number of ketones is 1. The van der Waals surface area contributed by atoms with Gasteiger partial charge in [0.1, 0.15) is 5.78 Å². The maximum atomic E-state index is 11.7. The lowest BCUT2D eigenvalue weighted by Crippen LogP contribution is -2.52. The van der Waals surface area contributed by atoms with Crippen molar-refractivity contribution in [1.82, 2.24) is 0 Å². The summed E-state index contributed by atoms with van der Waals surface area (Å²) in [5, 5.41) is 1.32. The third-order valence-corrected chi connectivity index (χ3v) is 4.37. The number of Topliss-reactive ketones (excluding diaryl/α,β-unsaturated/α-hetero) is 1. The first kappa shape index (κ1) is 12.3. The zero-order valence-electron chi connectivity index (χ0n) is 10.0. The monoisotopic (exact) mass is 283 g/mol. The molecule has 1 aromatic rings. The molecule has 3 rings (SSSR count). The number of piperidine rings is 2. The van der Waals surface area contributed by atoms with Crippen molar-refractivity contribution in [3.63, 3.8) is 0 Å². The number of fused-ring (bicyclic) bond motifs is 2. The van der Waals surface area contributed by atoms with Gasteiger partial charge < -0.3 is 4.90 Å². The smallest absolute Gasteiger partial charge is 0.137 e. The fourth-order valence-corrected chi connectivity index (χ4v) is 3.80. The van der Waals surface area contributed by atoms with Gasteiger partial charge in [-0.1, -0.05) is 23.2 Å². The maximum Gasteiger partial charge on any atom is 0.137 e. The zero-order chi connectivity index (χ0) is 12.7. The molecule has 2 fully saturated rings. The number of hydrogen-bond donors (Lipinski definition) is 0. The van der Waals surface area contributed by atoms with Crippen LogP contribution in [0.25, 0.3) is 0 Å². The van der Waals surface area contributed by atoms with Crippen molar-refractivity contribution in [1.29, 1.82) is 0 Å². The van der Waals surface area contributed by atoms with Crippen molar-refractivity contribution >= 4 is 34.7 Å². The SMILES string of the molecule is O=C1CC2CCCC(C1)N2c1cc(Cl)cc(Cl)c1. The molecule has 1 aromatic carbocycles. The summed E-state index contributed by atoms with van der Waals surface area (Å²) in [5.41, 5.74) is 1.06. The van der Waals surface area contributed by atoms with Gasteiger partial charge in [0, 0.05) is 40.7 Å². The van der Waals surface area contributed by atoms with Gasteiger partial charge in [-0.05, 0) is 37.5 Å². The van der Waals surface area contributed by atoms with Crippen LogP contribution in [0.2, 0.25) is 10.0 Å². The molecule has 96 valence electrons. The Bertz CT molecular complexity index is 452. The molecule has 2 bridgehead atoms. The van der Waals surface area contributed by atoms with Crippen LogP contribution in [0.5, 0.6) is 0 Å². The Morgan fingerprint density at radius 1 is 1.00 bits per heavy atom. The lowest BCUT2D eigenvalue weighted by molar-refractivity contribution is -0.121. The molecule has 0 aliphatic carbocycles. The fraction of sp³-hybridized carbons (Fsp3) is 0.500. The van der Waals surface area contributed by atoms with Crippen molar-refractivity contribution in [2.24, 2.45) is 0 Å². The predicted molar refractivity (Wildman–Crippen MR) is 74.6 cm³/mol. The molecule has 4 heteroatoms. The number of carbonyl (C=O) groups is 1. The average molecular weight is 284 g/mol. The lowest BCUT2D eigenvalue weighted by Gasteiger charge is -2.47. The number of carbonyl (C=O) groups excluding carboxylic acids is 1. The van der Waals surface area contributed by atoms with E-state index in [0.717, 1.165) is 18.5 Å². The second-order valence-corrected chi connectivity index (χ2v) is 6.09. The van der Waals surface area contributed by atoms with Gasteiger partial charge in [0.2, 0.25) is 0 Å². The van der Waals surface area contributed by atoms with Crippen molar-refractivity contribution in [3.8, 4) is 0 Å². The van der Waals surface area contributed by atoms with E-state index in [-0.39, 0.29) is 0 Å². The highest BCUT2D eigenvalue weighted by molar-refractivity contribution is 6.35. The molecule has 0 amide bonds. The highest BCUT2D eigenvalue weighted by Gasteiger charge is 2.37. The van der Waals surface area contributed by atoms with E-state index in [0.29, 0.717) is 40.8 Å². The van der Waals surface area contributed by atoms with E-state index in [9.17, 15) is 4.79 Å². The van der Waals surface area contributed by atoms with Crippen LogP contribution in [-0.4, -0.2) is 17.9 Å². The van der Waals surface area contributed by atoms with Crippen molar-refractivity contribution in [2.75, 3.05) is 4.90 Å². The molecular formula is C14H15Cl2NO. The molecule has 0 saturated carbocycles. The summed E-state index contributed by atoms with van der Waals surface area (Å²) in [7, 11) is 0. The van der Waals surface area contributed by atoms with Crippen LogP contribution >= 0.6 is 23.2 Å². The van der Waals surface area contributed by atoms with Gasteiger partial charge in [0.15, 0.2) is 0 Å². The second kappa shape index (κ2) is 4.75. The van der Waals surface area contributed by atoms with E-state index in [1.165, 1.54) is 6.42 Å². The number of nitrogens with zero attached hydrogens (tertiary/aromatic N) is 1. The Labute approximate surface area is 117 Å². The minimum atomic E-state index is 0.333. The number of halogens is 2. The molecule has 0 radical (unpaired) electrons. The van der Waals surface area contributed by atoms with Gasteiger partial charge in [0.25, 0.3) is 0 Å². The fourth-order valence-electron chi connectivity index (χ4n) is 3.29. The van der Waals surface area contributed by atoms with Crippen LogP contribution in [0, 0.1) is 0 Å². The van der Waals surface area contributed by atoms with E-state index < -0.39 is 0 Å².